The Morgan fingerprint density at radius 3 is 2.18 bits per heavy atom. The number of thiophene rings is 1. The van der Waals surface area contributed by atoms with Crippen LogP contribution in [0.4, 0.5) is 14.9 Å². The Balaban J connectivity index is 1.29. The summed E-state index contributed by atoms with van der Waals surface area (Å²) in [5, 5.41) is 2.80. The Bertz CT molecular complexity index is 1300. The fourth-order valence-corrected chi connectivity index (χ4v) is 5.13. The molecule has 1 aliphatic carbocycles. The molecule has 34 heavy (non-hydrogen) atoms. The molecule has 1 unspecified atom stereocenters. The second-order valence-corrected chi connectivity index (χ2v) is 10.2. The molecule has 1 N–H and O–H groups in total. The first-order valence-corrected chi connectivity index (χ1v) is 12.4. The van der Waals surface area contributed by atoms with Crippen molar-refractivity contribution < 1.29 is 13.9 Å². The Morgan fingerprint density at radius 2 is 1.56 bits per heavy atom. The predicted octanol–water partition coefficient (Wildman–Crippen LogP) is 9.06. The normalized spacial score (nSPS) is 14.0. The van der Waals surface area contributed by atoms with Crippen LogP contribution in [0.2, 0.25) is 4.34 Å². The highest BCUT2D eigenvalue weighted by molar-refractivity contribution is 7.20. The maximum atomic E-state index is 13.1. The average Bonchev–Trinajstić information content (AvgIpc) is 3.62. The molecule has 0 radical (unpaired) electrons. The van der Waals surface area contributed by atoms with Crippen molar-refractivity contribution in [1.29, 1.82) is 0 Å². The Labute approximate surface area is 207 Å². The van der Waals surface area contributed by atoms with E-state index < -0.39 is 12.2 Å². The number of carbonyl (C=O) groups excluding carboxylic acids is 1. The third-order valence-electron chi connectivity index (χ3n) is 6.00. The molecule has 0 bridgehead atoms. The van der Waals surface area contributed by atoms with E-state index in [9.17, 15) is 9.18 Å². The molecule has 6 heteroatoms. The van der Waals surface area contributed by atoms with Crippen molar-refractivity contribution in [2.24, 2.45) is 0 Å². The summed E-state index contributed by atoms with van der Waals surface area (Å²) in [7, 11) is 0. The zero-order chi connectivity index (χ0) is 23.7. The number of hydrogen-bond acceptors (Lipinski definition) is 3. The summed E-state index contributed by atoms with van der Waals surface area (Å²) in [6, 6.07) is 24.6. The van der Waals surface area contributed by atoms with Crippen molar-refractivity contribution in [2.75, 3.05) is 5.32 Å². The van der Waals surface area contributed by atoms with E-state index in [2.05, 4.69) is 41.7 Å². The summed E-state index contributed by atoms with van der Waals surface area (Å²) >= 11 is 7.67. The summed E-state index contributed by atoms with van der Waals surface area (Å²) in [5.74, 6) is 0.413. The van der Waals surface area contributed by atoms with Gasteiger partial charge in [-0.2, -0.15) is 0 Å². The Morgan fingerprint density at radius 1 is 0.971 bits per heavy atom. The van der Waals surface area contributed by atoms with Gasteiger partial charge in [-0.15, -0.1) is 11.3 Å². The van der Waals surface area contributed by atoms with Gasteiger partial charge in [0.15, 0.2) is 0 Å². The van der Waals surface area contributed by atoms with E-state index in [0.29, 0.717) is 15.6 Å². The van der Waals surface area contributed by atoms with Crippen LogP contribution < -0.4 is 5.32 Å². The van der Waals surface area contributed by atoms with E-state index in [0.717, 1.165) is 21.9 Å². The van der Waals surface area contributed by atoms with E-state index in [1.807, 2.05) is 12.1 Å². The van der Waals surface area contributed by atoms with Crippen molar-refractivity contribution in [3.05, 3.63) is 100 Å². The van der Waals surface area contributed by atoms with Crippen LogP contribution in [0, 0.1) is 5.82 Å². The van der Waals surface area contributed by atoms with E-state index >= 15 is 0 Å². The summed E-state index contributed by atoms with van der Waals surface area (Å²) < 4.78 is 19.2. The number of ether oxygens (including phenoxy) is 1. The summed E-state index contributed by atoms with van der Waals surface area (Å²) in [4.78, 5) is 13.4. The molecule has 5 rings (SSSR count). The van der Waals surface area contributed by atoms with Crippen LogP contribution in [0.1, 0.15) is 42.9 Å². The third kappa shape index (κ3) is 5.16. The van der Waals surface area contributed by atoms with Gasteiger partial charge in [0.2, 0.25) is 0 Å². The Kier molecular flexibility index (Phi) is 6.40. The maximum Gasteiger partial charge on any atom is 0.412 e. The molecule has 4 aromatic rings. The number of amides is 1. The van der Waals surface area contributed by atoms with Crippen molar-refractivity contribution in [1.82, 2.24) is 0 Å². The molecular formula is C28H23ClFNO2S. The van der Waals surface area contributed by atoms with Gasteiger partial charge in [-0.05, 0) is 71.7 Å². The highest BCUT2D eigenvalue weighted by Crippen LogP contribution is 2.41. The zero-order valence-electron chi connectivity index (χ0n) is 18.6. The van der Waals surface area contributed by atoms with Gasteiger partial charge in [0.1, 0.15) is 11.9 Å². The van der Waals surface area contributed by atoms with Gasteiger partial charge in [0.05, 0.1) is 14.9 Å². The van der Waals surface area contributed by atoms with Crippen LogP contribution in [0.15, 0.2) is 78.9 Å². The fraction of sp³-hybridized carbons (Fsp3) is 0.179. The number of rotatable bonds is 6. The highest BCUT2D eigenvalue weighted by Gasteiger charge is 2.23. The number of anilines is 1. The lowest BCUT2D eigenvalue weighted by atomic mass is 10.0. The molecule has 1 saturated carbocycles. The molecule has 1 amide bonds. The van der Waals surface area contributed by atoms with E-state index in [4.69, 9.17) is 16.3 Å². The first-order valence-electron chi connectivity index (χ1n) is 11.2. The molecule has 1 aromatic heterocycles. The second-order valence-electron chi connectivity index (χ2n) is 8.49. The van der Waals surface area contributed by atoms with Gasteiger partial charge in [-0.3, -0.25) is 5.32 Å². The molecule has 0 spiro atoms. The lowest BCUT2D eigenvalue weighted by Gasteiger charge is -2.14. The zero-order valence-corrected chi connectivity index (χ0v) is 20.1. The molecular weight excluding hydrogens is 469 g/mol. The largest absolute Gasteiger partial charge is 0.441 e. The van der Waals surface area contributed by atoms with Crippen LogP contribution >= 0.6 is 22.9 Å². The molecule has 1 fully saturated rings. The molecule has 0 aliphatic heterocycles. The molecule has 3 aromatic carbocycles. The summed E-state index contributed by atoms with van der Waals surface area (Å²) in [6.45, 7) is 1.74. The van der Waals surface area contributed by atoms with Crippen molar-refractivity contribution in [3.63, 3.8) is 0 Å². The third-order valence-corrected chi connectivity index (χ3v) is 7.31. The van der Waals surface area contributed by atoms with Gasteiger partial charge in [-0.1, -0.05) is 72.3 Å². The number of benzene rings is 3. The molecule has 172 valence electrons. The average molecular weight is 492 g/mol. The topological polar surface area (TPSA) is 38.3 Å². The summed E-state index contributed by atoms with van der Waals surface area (Å²) in [6.07, 6.45) is 1.47. The first-order chi connectivity index (χ1) is 16.5. The summed E-state index contributed by atoms with van der Waals surface area (Å²) in [5.41, 5.74) is 5.99. The van der Waals surface area contributed by atoms with Gasteiger partial charge in [0, 0.05) is 0 Å². The molecule has 1 heterocycles. The number of hydrogen-bond donors (Lipinski definition) is 1. The lowest BCUT2D eigenvalue weighted by molar-refractivity contribution is 0.121. The number of carbonyl (C=O) groups is 1. The minimum Gasteiger partial charge on any atom is -0.441 e. The van der Waals surface area contributed by atoms with Gasteiger partial charge >= 0.3 is 6.09 Å². The quantitative estimate of drug-likeness (QED) is 0.292. The van der Waals surface area contributed by atoms with Crippen LogP contribution in [0.3, 0.4) is 0 Å². The van der Waals surface area contributed by atoms with Crippen molar-refractivity contribution >= 4 is 34.7 Å². The monoisotopic (exact) mass is 491 g/mol. The van der Waals surface area contributed by atoms with Crippen molar-refractivity contribution in [2.45, 2.75) is 31.8 Å². The van der Waals surface area contributed by atoms with Crippen LogP contribution in [0.5, 0.6) is 0 Å². The van der Waals surface area contributed by atoms with Gasteiger partial charge in [-0.25, -0.2) is 9.18 Å². The van der Waals surface area contributed by atoms with E-state index in [-0.39, 0.29) is 5.82 Å². The standard InChI is InChI=1S/C28H23ClFNO2S/c1-17(18-12-14-24(30)15-13-18)33-28(32)31-25-16-26(29)34-27(25)23-10-8-22(9-11-23)21-6-4-20(5-7-21)19-2-3-19/h4-17,19H,2-3H2,1H3,(H,31,32). The molecule has 1 atom stereocenters. The van der Waals surface area contributed by atoms with Crippen molar-refractivity contribution in [3.8, 4) is 21.6 Å². The van der Waals surface area contributed by atoms with Crippen LogP contribution in [-0.4, -0.2) is 6.09 Å². The minimum absolute atomic E-state index is 0.334. The van der Waals surface area contributed by atoms with Crippen LogP contribution in [-0.2, 0) is 4.74 Å². The smallest absolute Gasteiger partial charge is 0.412 e. The SMILES string of the molecule is CC(OC(=O)Nc1cc(Cl)sc1-c1ccc(-c2ccc(C3CC3)cc2)cc1)c1ccc(F)cc1. The van der Waals surface area contributed by atoms with Gasteiger partial charge < -0.3 is 4.74 Å². The van der Waals surface area contributed by atoms with E-state index in [1.165, 1.54) is 47.4 Å². The second kappa shape index (κ2) is 9.61. The molecule has 0 saturated heterocycles. The minimum atomic E-state index is -0.597. The van der Waals surface area contributed by atoms with E-state index in [1.54, 1.807) is 25.1 Å². The first kappa shape index (κ1) is 22.6. The van der Waals surface area contributed by atoms with Crippen LogP contribution in [0.25, 0.3) is 21.6 Å². The predicted molar refractivity (Wildman–Crippen MR) is 137 cm³/mol. The lowest BCUT2D eigenvalue weighted by Crippen LogP contribution is -2.16. The fourth-order valence-electron chi connectivity index (χ4n) is 3.95. The molecule has 1 aliphatic rings. The number of nitrogens with one attached hydrogen (secondary N) is 1. The number of halogens is 2. The maximum absolute atomic E-state index is 13.1. The molecule has 3 nitrogen and oxygen atoms in total. The highest BCUT2D eigenvalue weighted by atomic mass is 35.5. The Hall–Kier alpha value is -3.15. The van der Waals surface area contributed by atoms with Gasteiger partial charge in [0.25, 0.3) is 0 Å².